The molecular formula is C30H19ClN4O3S. The Bertz CT molecular complexity index is 1770. The van der Waals surface area contributed by atoms with E-state index in [1.165, 1.54) is 17.7 Å². The monoisotopic (exact) mass is 550 g/mol. The van der Waals surface area contributed by atoms with Gasteiger partial charge in [-0.1, -0.05) is 66.2 Å². The molecule has 3 aromatic heterocycles. The first kappa shape index (κ1) is 24.5. The zero-order valence-corrected chi connectivity index (χ0v) is 21.8. The van der Waals surface area contributed by atoms with Crippen molar-refractivity contribution >= 4 is 40.3 Å². The highest BCUT2D eigenvalue weighted by Crippen LogP contribution is 2.28. The van der Waals surface area contributed by atoms with Gasteiger partial charge in [-0.25, -0.2) is 9.97 Å². The van der Waals surface area contributed by atoms with Crippen LogP contribution in [-0.2, 0) is 0 Å². The summed E-state index contributed by atoms with van der Waals surface area (Å²) < 4.78 is 7.64. The number of nitrogens with one attached hydrogen (secondary N) is 1. The molecule has 7 nitrogen and oxygen atoms in total. The predicted molar refractivity (Wildman–Crippen MR) is 152 cm³/mol. The summed E-state index contributed by atoms with van der Waals surface area (Å²) in [6.07, 6.45) is 3.13. The zero-order valence-electron chi connectivity index (χ0n) is 20.2. The molecule has 1 amide bonds. The van der Waals surface area contributed by atoms with E-state index in [0.717, 1.165) is 16.1 Å². The molecule has 6 aromatic rings. The van der Waals surface area contributed by atoms with Gasteiger partial charge in [0.15, 0.2) is 0 Å². The van der Waals surface area contributed by atoms with Gasteiger partial charge < -0.3 is 9.73 Å². The van der Waals surface area contributed by atoms with Crippen molar-refractivity contribution in [2.24, 2.45) is 0 Å². The molecule has 39 heavy (non-hydrogen) atoms. The molecule has 0 aliphatic carbocycles. The van der Waals surface area contributed by atoms with Gasteiger partial charge in [0.2, 0.25) is 11.7 Å². The molecule has 0 saturated heterocycles. The van der Waals surface area contributed by atoms with E-state index in [2.05, 4.69) is 15.3 Å². The van der Waals surface area contributed by atoms with Crippen molar-refractivity contribution in [1.82, 2.24) is 14.5 Å². The number of ketones is 1. The highest BCUT2D eigenvalue weighted by atomic mass is 35.5. The van der Waals surface area contributed by atoms with Crippen LogP contribution in [0.1, 0.15) is 26.5 Å². The summed E-state index contributed by atoms with van der Waals surface area (Å²) in [5, 5.41) is 5.98. The summed E-state index contributed by atoms with van der Waals surface area (Å²) in [5.74, 6) is 0.658. The number of hydrogen-bond acceptors (Lipinski definition) is 6. The third-order valence-corrected chi connectivity index (χ3v) is 7.10. The van der Waals surface area contributed by atoms with E-state index in [4.69, 9.17) is 16.0 Å². The third kappa shape index (κ3) is 5.29. The minimum Gasteiger partial charge on any atom is -0.440 e. The van der Waals surface area contributed by atoms with Crippen LogP contribution < -0.4 is 5.32 Å². The number of aromatic nitrogens is 3. The van der Waals surface area contributed by atoms with Crippen molar-refractivity contribution in [2.45, 2.75) is 0 Å². The number of benzene rings is 3. The Kier molecular flexibility index (Phi) is 6.62. The molecule has 0 aliphatic rings. The number of amides is 1. The number of imidazole rings is 1. The Morgan fingerprint density at radius 2 is 1.59 bits per heavy atom. The van der Waals surface area contributed by atoms with Crippen LogP contribution in [0, 0.1) is 0 Å². The maximum absolute atomic E-state index is 13.0. The average Bonchev–Trinajstić information content (AvgIpc) is 3.75. The van der Waals surface area contributed by atoms with Crippen molar-refractivity contribution in [1.29, 1.82) is 0 Å². The molecule has 0 fully saturated rings. The molecule has 0 bridgehead atoms. The highest BCUT2D eigenvalue weighted by Gasteiger charge is 2.16. The largest absolute Gasteiger partial charge is 0.440 e. The quantitative estimate of drug-likeness (QED) is 0.209. The van der Waals surface area contributed by atoms with Crippen LogP contribution in [0.4, 0.5) is 5.69 Å². The molecule has 0 spiro atoms. The van der Waals surface area contributed by atoms with E-state index >= 15 is 0 Å². The number of thiazole rings is 1. The van der Waals surface area contributed by atoms with Crippen LogP contribution >= 0.6 is 22.9 Å². The lowest BCUT2D eigenvalue weighted by molar-refractivity contribution is 0.101. The van der Waals surface area contributed by atoms with Gasteiger partial charge in [-0.05, 0) is 30.3 Å². The van der Waals surface area contributed by atoms with Gasteiger partial charge in [0.1, 0.15) is 28.5 Å². The smallest absolute Gasteiger partial charge is 0.275 e. The molecule has 3 aromatic carbocycles. The first-order valence-corrected chi connectivity index (χ1v) is 13.2. The number of rotatable bonds is 7. The Morgan fingerprint density at radius 3 is 2.36 bits per heavy atom. The van der Waals surface area contributed by atoms with Crippen molar-refractivity contribution < 1.29 is 14.0 Å². The molecule has 0 unspecified atom stereocenters. The molecule has 3 heterocycles. The van der Waals surface area contributed by atoms with Gasteiger partial charge in [-0.15, -0.1) is 11.3 Å². The maximum atomic E-state index is 13.0. The van der Waals surface area contributed by atoms with Crippen LogP contribution in [0.2, 0.25) is 5.02 Å². The second kappa shape index (κ2) is 10.5. The molecule has 6 rings (SSSR count). The Hall–Kier alpha value is -4.79. The number of carbonyl (C=O) groups is 2. The van der Waals surface area contributed by atoms with E-state index < -0.39 is 0 Å². The normalized spacial score (nSPS) is 10.9. The van der Waals surface area contributed by atoms with Crippen LogP contribution in [0.3, 0.4) is 0 Å². The molecule has 0 atom stereocenters. The van der Waals surface area contributed by atoms with E-state index in [9.17, 15) is 9.59 Å². The summed E-state index contributed by atoms with van der Waals surface area (Å²) in [7, 11) is 0. The Morgan fingerprint density at radius 1 is 0.846 bits per heavy atom. The Labute approximate surface area is 232 Å². The van der Waals surface area contributed by atoms with Crippen molar-refractivity contribution in [2.75, 3.05) is 5.32 Å². The summed E-state index contributed by atoms with van der Waals surface area (Å²) in [6, 6.07) is 27.3. The first-order valence-electron chi connectivity index (χ1n) is 11.9. The number of anilines is 1. The minimum atomic E-state index is -0.313. The van der Waals surface area contributed by atoms with Crippen molar-refractivity contribution in [3.8, 4) is 27.8 Å². The fourth-order valence-electron chi connectivity index (χ4n) is 3.94. The predicted octanol–water partition coefficient (Wildman–Crippen LogP) is 7.39. The minimum absolute atomic E-state index is 0.155. The van der Waals surface area contributed by atoms with Crippen molar-refractivity contribution in [3.05, 3.63) is 131 Å². The van der Waals surface area contributed by atoms with Gasteiger partial charge >= 0.3 is 0 Å². The molecule has 0 aliphatic heterocycles. The second-order valence-electron chi connectivity index (χ2n) is 8.58. The van der Waals surface area contributed by atoms with Gasteiger partial charge in [-0.2, -0.15) is 0 Å². The average molecular weight is 551 g/mol. The second-order valence-corrected chi connectivity index (χ2v) is 9.87. The zero-order chi connectivity index (χ0) is 26.8. The molecule has 1 N–H and O–H groups in total. The molecule has 0 saturated carbocycles. The van der Waals surface area contributed by atoms with Crippen LogP contribution in [0.5, 0.6) is 0 Å². The van der Waals surface area contributed by atoms with Crippen LogP contribution in [0.25, 0.3) is 27.8 Å². The fourth-order valence-corrected chi connectivity index (χ4v) is 4.87. The fraction of sp³-hybridized carbons (Fsp3) is 0. The Balaban J connectivity index is 1.14. The number of halogens is 1. The van der Waals surface area contributed by atoms with Crippen LogP contribution in [-0.4, -0.2) is 26.2 Å². The molecule has 9 heteroatoms. The highest BCUT2D eigenvalue weighted by molar-refractivity contribution is 7.13. The lowest BCUT2D eigenvalue weighted by Crippen LogP contribution is -2.12. The summed E-state index contributed by atoms with van der Waals surface area (Å²) in [5.41, 5.74) is 3.60. The van der Waals surface area contributed by atoms with E-state index in [-0.39, 0.29) is 17.4 Å². The number of furan rings is 1. The third-order valence-electron chi connectivity index (χ3n) is 5.95. The van der Waals surface area contributed by atoms with Gasteiger partial charge in [0, 0.05) is 45.0 Å². The van der Waals surface area contributed by atoms with E-state index in [1.54, 1.807) is 46.5 Å². The number of nitrogens with zero attached hydrogens (tertiary/aromatic N) is 3. The first-order chi connectivity index (χ1) is 19.0. The van der Waals surface area contributed by atoms with Crippen LogP contribution in [0.15, 0.2) is 113 Å². The lowest BCUT2D eigenvalue weighted by atomic mass is 10.1. The topological polar surface area (TPSA) is 90.0 Å². The summed E-state index contributed by atoms with van der Waals surface area (Å²) in [6.45, 7) is 0. The molecule has 0 radical (unpaired) electrons. The molecule has 190 valence electrons. The van der Waals surface area contributed by atoms with Gasteiger partial charge in [-0.3, -0.25) is 14.2 Å². The number of carbonyl (C=O) groups excluding carboxylic acids is 2. The number of para-hydroxylation sites is 1. The van der Waals surface area contributed by atoms with Gasteiger partial charge in [0.25, 0.3) is 5.91 Å². The SMILES string of the molecule is O=C(Nc1ccccc1)c1cn(-c2ccc(-c3ccc(C(=O)c4csc(-c5ccc(Cl)cc5)n4)cc3)o2)cn1. The molecular weight excluding hydrogens is 532 g/mol. The van der Waals surface area contributed by atoms with Gasteiger partial charge in [0.05, 0.1) is 0 Å². The summed E-state index contributed by atoms with van der Waals surface area (Å²) in [4.78, 5) is 34.2. The summed E-state index contributed by atoms with van der Waals surface area (Å²) >= 11 is 7.38. The number of hydrogen-bond donors (Lipinski definition) is 1. The standard InChI is InChI=1S/C30H19ClN4O3S/c31-22-12-10-21(11-13-22)30-34-25(17-39-30)28(36)20-8-6-19(7-9-20)26-14-15-27(38-26)35-16-24(32-18-35)29(37)33-23-4-2-1-3-5-23/h1-18H,(H,33,37). The van der Waals surface area contributed by atoms with Crippen molar-refractivity contribution in [3.63, 3.8) is 0 Å². The lowest BCUT2D eigenvalue weighted by Gasteiger charge is -2.02. The van der Waals surface area contributed by atoms with E-state index in [0.29, 0.717) is 33.6 Å². The maximum Gasteiger partial charge on any atom is 0.275 e. The van der Waals surface area contributed by atoms with E-state index in [1.807, 2.05) is 60.7 Å².